The Kier molecular flexibility index (Phi) is 2.00. The molecule has 64 valence electrons. The summed E-state index contributed by atoms with van der Waals surface area (Å²) in [6.07, 6.45) is 3.20. The number of benzene rings is 1. The van der Waals surface area contributed by atoms with Gasteiger partial charge in [-0.2, -0.15) is 4.99 Å². The van der Waals surface area contributed by atoms with Crippen LogP contribution in [0.5, 0.6) is 0 Å². The first-order chi connectivity index (χ1) is 6.33. The molecule has 0 saturated heterocycles. The van der Waals surface area contributed by atoms with Crippen LogP contribution < -0.4 is 0 Å². The molecule has 1 aromatic carbocycles. The van der Waals surface area contributed by atoms with Crippen molar-refractivity contribution in [3.63, 3.8) is 0 Å². The third-order valence-electron chi connectivity index (χ3n) is 1.80. The molecule has 0 aliphatic carbocycles. The maximum absolute atomic E-state index is 10.1. The Hall–Kier alpha value is -1.38. The molecular formula is C9H5BrN2O. The van der Waals surface area contributed by atoms with E-state index >= 15 is 0 Å². The van der Waals surface area contributed by atoms with Crippen LogP contribution in [-0.4, -0.2) is 11.1 Å². The molecule has 0 amide bonds. The third-order valence-corrected chi connectivity index (χ3v) is 2.46. The fourth-order valence-electron chi connectivity index (χ4n) is 1.26. The summed E-state index contributed by atoms with van der Waals surface area (Å²) in [5, 5.41) is 0.908. The monoisotopic (exact) mass is 236 g/mol. The molecular weight excluding hydrogens is 232 g/mol. The lowest BCUT2D eigenvalue weighted by Crippen LogP contribution is -1.68. The Labute approximate surface area is 82.6 Å². The van der Waals surface area contributed by atoms with Gasteiger partial charge in [0.25, 0.3) is 0 Å². The maximum Gasteiger partial charge on any atom is 0.240 e. The number of rotatable bonds is 1. The summed E-state index contributed by atoms with van der Waals surface area (Å²) < 4.78 is 0.917. The number of nitrogens with one attached hydrogen (secondary N) is 1. The second-order valence-corrected chi connectivity index (χ2v) is 3.39. The highest BCUT2D eigenvalue weighted by atomic mass is 79.9. The van der Waals surface area contributed by atoms with Crippen LogP contribution in [0.25, 0.3) is 10.9 Å². The number of isocyanates is 1. The molecule has 1 heterocycles. The number of halogens is 1. The van der Waals surface area contributed by atoms with Gasteiger partial charge >= 0.3 is 0 Å². The van der Waals surface area contributed by atoms with Crippen molar-refractivity contribution in [3.8, 4) is 0 Å². The molecule has 0 aliphatic heterocycles. The van der Waals surface area contributed by atoms with Gasteiger partial charge < -0.3 is 4.98 Å². The second kappa shape index (κ2) is 3.17. The molecule has 3 nitrogen and oxygen atoms in total. The van der Waals surface area contributed by atoms with Gasteiger partial charge in [-0.05, 0) is 12.1 Å². The smallest absolute Gasteiger partial charge is 0.240 e. The zero-order valence-corrected chi connectivity index (χ0v) is 8.13. The lowest BCUT2D eigenvalue weighted by atomic mass is 10.2. The molecule has 0 unspecified atom stereocenters. The van der Waals surface area contributed by atoms with Crippen LogP contribution in [0.4, 0.5) is 5.69 Å². The number of hydrogen-bond acceptors (Lipinski definition) is 2. The molecule has 0 atom stereocenters. The van der Waals surface area contributed by atoms with E-state index in [0.29, 0.717) is 5.69 Å². The van der Waals surface area contributed by atoms with E-state index < -0.39 is 0 Å². The van der Waals surface area contributed by atoms with E-state index in [-0.39, 0.29) is 0 Å². The van der Waals surface area contributed by atoms with E-state index in [1.165, 1.54) is 6.08 Å². The zero-order valence-electron chi connectivity index (χ0n) is 6.54. The highest BCUT2D eigenvalue weighted by Gasteiger charge is 2.04. The Morgan fingerprint density at radius 1 is 1.46 bits per heavy atom. The maximum atomic E-state index is 10.1. The highest BCUT2D eigenvalue weighted by Crippen LogP contribution is 2.31. The van der Waals surface area contributed by atoms with E-state index in [1.54, 1.807) is 6.20 Å². The molecule has 1 N–H and O–H groups in total. The van der Waals surface area contributed by atoms with Crippen LogP contribution in [0.3, 0.4) is 0 Å². The molecule has 4 heteroatoms. The Morgan fingerprint density at radius 2 is 2.31 bits per heavy atom. The summed E-state index contributed by atoms with van der Waals surface area (Å²) >= 11 is 3.39. The number of aromatic amines is 1. The van der Waals surface area contributed by atoms with E-state index in [0.717, 1.165) is 15.4 Å². The SMILES string of the molecule is O=C=Nc1c[nH]c2cccc(Br)c12. The molecule has 1 aromatic heterocycles. The molecule has 13 heavy (non-hydrogen) atoms. The normalized spacial score (nSPS) is 9.92. The minimum absolute atomic E-state index is 0.609. The van der Waals surface area contributed by atoms with Gasteiger partial charge in [0.1, 0.15) is 5.69 Å². The van der Waals surface area contributed by atoms with Gasteiger partial charge in [0.2, 0.25) is 6.08 Å². The molecule has 0 aliphatic rings. The van der Waals surface area contributed by atoms with Gasteiger partial charge in [-0.3, -0.25) is 0 Å². The summed E-state index contributed by atoms with van der Waals surface area (Å²) in [4.78, 5) is 16.7. The lowest BCUT2D eigenvalue weighted by molar-refractivity contribution is 0.565. The quantitative estimate of drug-likeness (QED) is 0.601. The first-order valence-corrected chi connectivity index (χ1v) is 4.45. The van der Waals surface area contributed by atoms with Gasteiger partial charge in [-0.15, -0.1) is 0 Å². The average molecular weight is 237 g/mol. The average Bonchev–Trinajstić information content (AvgIpc) is 2.51. The van der Waals surface area contributed by atoms with Crippen molar-refractivity contribution in [1.29, 1.82) is 0 Å². The van der Waals surface area contributed by atoms with Gasteiger partial charge in [-0.1, -0.05) is 22.0 Å². The van der Waals surface area contributed by atoms with Crippen molar-refractivity contribution in [3.05, 3.63) is 28.9 Å². The minimum Gasteiger partial charge on any atom is -0.359 e. The Balaban J connectivity index is 2.85. The van der Waals surface area contributed by atoms with Crippen LogP contribution in [0.15, 0.2) is 33.9 Å². The van der Waals surface area contributed by atoms with Crippen molar-refractivity contribution in [2.45, 2.75) is 0 Å². The van der Waals surface area contributed by atoms with Gasteiger partial charge in [0, 0.05) is 21.6 Å². The summed E-state index contributed by atoms with van der Waals surface area (Å²) in [5.74, 6) is 0. The highest BCUT2D eigenvalue weighted by molar-refractivity contribution is 9.10. The molecule has 0 bridgehead atoms. The predicted molar refractivity (Wildman–Crippen MR) is 53.8 cm³/mol. The standard InChI is InChI=1S/C9H5BrN2O/c10-6-2-1-3-7-9(6)8(4-11-7)12-5-13/h1-4,11H. The van der Waals surface area contributed by atoms with E-state index in [9.17, 15) is 4.79 Å². The number of aliphatic imine (C=N–C) groups is 1. The van der Waals surface area contributed by atoms with Gasteiger partial charge in [0.05, 0.1) is 0 Å². The number of aromatic nitrogens is 1. The number of hydrogen-bond donors (Lipinski definition) is 1. The summed E-state index contributed by atoms with van der Waals surface area (Å²) in [6, 6.07) is 5.74. The Bertz CT molecular complexity index is 497. The number of fused-ring (bicyclic) bond motifs is 1. The first kappa shape index (κ1) is 8.23. The molecule has 0 radical (unpaired) electrons. The third kappa shape index (κ3) is 1.30. The molecule has 0 fully saturated rings. The molecule has 2 aromatic rings. The van der Waals surface area contributed by atoms with Crippen molar-refractivity contribution >= 4 is 38.6 Å². The summed E-state index contributed by atoms with van der Waals surface area (Å²) in [6.45, 7) is 0. The van der Waals surface area contributed by atoms with Crippen molar-refractivity contribution < 1.29 is 4.79 Å². The first-order valence-electron chi connectivity index (χ1n) is 3.66. The lowest BCUT2D eigenvalue weighted by Gasteiger charge is -1.93. The topological polar surface area (TPSA) is 45.2 Å². The largest absolute Gasteiger partial charge is 0.359 e. The molecule has 2 rings (SSSR count). The van der Waals surface area contributed by atoms with Crippen molar-refractivity contribution in [1.82, 2.24) is 4.98 Å². The summed E-state index contributed by atoms with van der Waals surface area (Å²) in [7, 11) is 0. The number of nitrogens with zero attached hydrogens (tertiary/aromatic N) is 1. The van der Waals surface area contributed by atoms with Crippen LogP contribution in [0.1, 0.15) is 0 Å². The van der Waals surface area contributed by atoms with Crippen LogP contribution in [-0.2, 0) is 4.79 Å². The van der Waals surface area contributed by atoms with Crippen LogP contribution >= 0.6 is 15.9 Å². The van der Waals surface area contributed by atoms with Crippen molar-refractivity contribution in [2.75, 3.05) is 0 Å². The number of carbonyl (C=O) groups excluding carboxylic acids is 1. The molecule has 0 spiro atoms. The summed E-state index contributed by atoms with van der Waals surface area (Å²) in [5.41, 5.74) is 1.56. The number of H-pyrrole nitrogens is 1. The molecule has 0 saturated carbocycles. The van der Waals surface area contributed by atoms with E-state index in [1.807, 2.05) is 18.2 Å². The zero-order chi connectivity index (χ0) is 9.26. The predicted octanol–water partition coefficient (Wildman–Crippen LogP) is 2.90. The van der Waals surface area contributed by atoms with Crippen LogP contribution in [0.2, 0.25) is 0 Å². The fourth-order valence-corrected chi connectivity index (χ4v) is 1.83. The van der Waals surface area contributed by atoms with Crippen molar-refractivity contribution in [2.24, 2.45) is 4.99 Å². The Morgan fingerprint density at radius 3 is 3.08 bits per heavy atom. The second-order valence-electron chi connectivity index (χ2n) is 2.54. The minimum atomic E-state index is 0.609. The van der Waals surface area contributed by atoms with Gasteiger partial charge in [-0.25, -0.2) is 4.79 Å². The van der Waals surface area contributed by atoms with E-state index in [4.69, 9.17) is 0 Å². The fraction of sp³-hybridized carbons (Fsp3) is 0. The van der Waals surface area contributed by atoms with Crippen LogP contribution in [0, 0.1) is 0 Å². The van der Waals surface area contributed by atoms with E-state index in [2.05, 4.69) is 25.9 Å². The van der Waals surface area contributed by atoms with Gasteiger partial charge in [0.15, 0.2) is 0 Å².